The third-order valence-electron chi connectivity index (χ3n) is 2.89. The summed E-state index contributed by atoms with van der Waals surface area (Å²) in [5.74, 6) is -0.462. The predicted octanol–water partition coefficient (Wildman–Crippen LogP) is 1.67. The second-order valence-electron chi connectivity index (χ2n) is 4.87. The molecule has 0 heterocycles. The molecule has 19 heavy (non-hydrogen) atoms. The molecule has 0 aliphatic heterocycles. The second-order valence-corrected chi connectivity index (χ2v) is 6.61. The third-order valence-corrected chi connectivity index (χ3v) is 4.50. The number of aryl methyl sites for hydroxylation is 1. The highest BCUT2D eigenvalue weighted by Crippen LogP contribution is 2.20. The molecule has 0 saturated heterocycles. The number of sulfonamides is 1. The summed E-state index contributed by atoms with van der Waals surface area (Å²) < 4.78 is 40.4. The highest BCUT2D eigenvalue weighted by molar-refractivity contribution is 7.89. The number of nitrogens with one attached hydrogen (secondary N) is 1. The van der Waals surface area contributed by atoms with E-state index in [2.05, 4.69) is 4.72 Å². The van der Waals surface area contributed by atoms with Crippen molar-refractivity contribution in [1.29, 1.82) is 0 Å². The number of rotatable bonds is 6. The van der Waals surface area contributed by atoms with Crippen molar-refractivity contribution in [3.8, 4) is 0 Å². The monoisotopic (exact) mass is 288 g/mol. The molecule has 1 aromatic carbocycles. The van der Waals surface area contributed by atoms with Crippen molar-refractivity contribution in [2.24, 2.45) is 0 Å². The lowest BCUT2D eigenvalue weighted by Crippen LogP contribution is -2.28. The summed E-state index contributed by atoms with van der Waals surface area (Å²) in [6.07, 6.45) is 0.708. The molecule has 0 spiro atoms. The minimum absolute atomic E-state index is 0.0143. The molecule has 0 aliphatic rings. The first-order valence-electron chi connectivity index (χ1n) is 6.16. The number of halogens is 1. The van der Waals surface area contributed by atoms with Crippen LogP contribution in [-0.4, -0.2) is 40.5 Å². The van der Waals surface area contributed by atoms with Gasteiger partial charge in [0, 0.05) is 12.1 Å². The summed E-state index contributed by atoms with van der Waals surface area (Å²) in [5.41, 5.74) is 0.615. The molecule has 0 aromatic heterocycles. The Labute approximate surface area is 114 Å². The van der Waals surface area contributed by atoms with Crippen LogP contribution in [0.2, 0.25) is 0 Å². The minimum atomic E-state index is -3.64. The number of benzene rings is 1. The van der Waals surface area contributed by atoms with Crippen LogP contribution >= 0.6 is 0 Å². The maximum atomic E-state index is 13.7. The Bertz CT molecular complexity index is 542. The van der Waals surface area contributed by atoms with E-state index in [1.165, 1.54) is 19.1 Å². The SMILES string of the molecule is Cc1ccc(S(=O)(=O)NCCCN(C)C)c(C)c1F. The average molecular weight is 288 g/mol. The zero-order chi connectivity index (χ0) is 14.6. The molecule has 0 atom stereocenters. The lowest BCUT2D eigenvalue weighted by molar-refractivity contribution is 0.400. The standard InChI is InChI=1S/C13H21FN2O2S/c1-10-6-7-12(11(2)13(10)14)19(17,18)15-8-5-9-16(3)4/h6-7,15H,5,8-9H2,1-4H3. The molecule has 1 N–H and O–H groups in total. The van der Waals surface area contributed by atoms with Crippen molar-refractivity contribution in [2.45, 2.75) is 25.2 Å². The van der Waals surface area contributed by atoms with Gasteiger partial charge in [-0.15, -0.1) is 0 Å². The average Bonchev–Trinajstić information content (AvgIpc) is 2.31. The summed E-state index contributed by atoms with van der Waals surface area (Å²) >= 11 is 0. The van der Waals surface area contributed by atoms with Gasteiger partial charge in [0.2, 0.25) is 10.0 Å². The van der Waals surface area contributed by atoms with Gasteiger partial charge in [-0.2, -0.15) is 0 Å². The van der Waals surface area contributed by atoms with E-state index in [0.29, 0.717) is 18.5 Å². The van der Waals surface area contributed by atoms with E-state index < -0.39 is 15.8 Å². The van der Waals surface area contributed by atoms with E-state index in [0.717, 1.165) is 6.54 Å². The number of hydrogen-bond acceptors (Lipinski definition) is 3. The van der Waals surface area contributed by atoms with Crippen molar-refractivity contribution in [1.82, 2.24) is 9.62 Å². The van der Waals surface area contributed by atoms with Gasteiger partial charge in [0.1, 0.15) is 5.82 Å². The third kappa shape index (κ3) is 4.26. The minimum Gasteiger partial charge on any atom is -0.309 e. The summed E-state index contributed by atoms with van der Waals surface area (Å²) in [6, 6.07) is 2.93. The van der Waals surface area contributed by atoms with Crippen LogP contribution in [0.5, 0.6) is 0 Å². The summed E-state index contributed by atoms with van der Waals surface area (Å²) in [5, 5.41) is 0. The molecular formula is C13H21FN2O2S. The van der Waals surface area contributed by atoms with Gasteiger partial charge in [-0.05, 0) is 52.5 Å². The second kappa shape index (κ2) is 6.45. The first kappa shape index (κ1) is 16.1. The van der Waals surface area contributed by atoms with E-state index in [4.69, 9.17) is 0 Å². The largest absolute Gasteiger partial charge is 0.309 e. The molecule has 0 radical (unpaired) electrons. The Hall–Kier alpha value is -0.980. The van der Waals surface area contributed by atoms with Crippen LogP contribution in [0.4, 0.5) is 4.39 Å². The fourth-order valence-corrected chi connectivity index (χ4v) is 3.08. The lowest BCUT2D eigenvalue weighted by Gasteiger charge is -2.12. The smallest absolute Gasteiger partial charge is 0.240 e. The van der Waals surface area contributed by atoms with E-state index in [1.54, 1.807) is 6.92 Å². The topological polar surface area (TPSA) is 49.4 Å². The van der Waals surface area contributed by atoms with E-state index in [1.807, 2.05) is 19.0 Å². The van der Waals surface area contributed by atoms with Gasteiger partial charge in [-0.1, -0.05) is 6.07 Å². The molecule has 1 aromatic rings. The highest BCUT2D eigenvalue weighted by atomic mass is 32.2. The Balaban J connectivity index is 2.81. The van der Waals surface area contributed by atoms with Crippen LogP contribution < -0.4 is 4.72 Å². The molecule has 0 aliphatic carbocycles. The Kier molecular flexibility index (Phi) is 5.46. The molecule has 0 amide bonds. The maximum absolute atomic E-state index is 13.7. The molecule has 0 saturated carbocycles. The molecule has 0 fully saturated rings. The van der Waals surface area contributed by atoms with Crippen LogP contribution in [0, 0.1) is 19.7 Å². The van der Waals surface area contributed by atoms with Gasteiger partial charge in [0.05, 0.1) is 4.90 Å². The molecule has 6 heteroatoms. The van der Waals surface area contributed by atoms with Crippen molar-refractivity contribution in [3.63, 3.8) is 0 Å². The molecule has 4 nitrogen and oxygen atoms in total. The Morgan fingerprint density at radius 2 is 1.89 bits per heavy atom. The molecule has 0 bridgehead atoms. The predicted molar refractivity (Wildman–Crippen MR) is 74.2 cm³/mol. The molecular weight excluding hydrogens is 267 g/mol. The number of hydrogen-bond donors (Lipinski definition) is 1. The van der Waals surface area contributed by atoms with E-state index in [9.17, 15) is 12.8 Å². The summed E-state index contributed by atoms with van der Waals surface area (Å²) in [7, 11) is 0.213. The fourth-order valence-electron chi connectivity index (χ4n) is 1.77. The molecule has 0 unspecified atom stereocenters. The maximum Gasteiger partial charge on any atom is 0.240 e. The van der Waals surface area contributed by atoms with Crippen LogP contribution in [0.1, 0.15) is 17.5 Å². The van der Waals surface area contributed by atoms with E-state index >= 15 is 0 Å². The molecule has 108 valence electrons. The van der Waals surface area contributed by atoms with Gasteiger partial charge in [0.15, 0.2) is 0 Å². The number of nitrogens with zero attached hydrogens (tertiary/aromatic N) is 1. The zero-order valence-corrected chi connectivity index (χ0v) is 12.6. The zero-order valence-electron chi connectivity index (χ0n) is 11.8. The summed E-state index contributed by atoms with van der Waals surface area (Å²) in [4.78, 5) is 1.99. The van der Waals surface area contributed by atoms with Crippen molar-refractivity contribution < 1.29 is 12.8 Å². The van der Waals surface area contributed by atoms with Gasteiger partial charge in [-0.3, -0.25) is 0 Å². The molecule has 1 rings (SSSR count). The normalized spacial score (nSPS) is 12.1. The van der Waals surface area contributed by atoms with Crippen molar-refractivity contribution >= 4 is 10.0 Å². The van der Waals surface area contributed by atoms with Crippen LogP contribution in [0.3, 0.4) is 0 Å². The van der Waals surface area contributed by atoms with Crippen molar-refractivity contribution in [2.75, 3.05) is 27.2 Å². The Morgan fingerprint density at radius 3 is 2.47 bits per heavy atom. The summed E-state index contributed by atoms with van der Waals surface area (Å²) in [6.45, 7) is 4.24. The first-order chi connectivity index (χ1) is 8.75. The van der Waals surface area contributed by atoms with Gasteiger partial charge < -0.3 is 4.90 Å². The van der Waals surface area contributed by atoms with Crippen LogP contribution in [-0.2, 0) is 10.0 Å². The van der Waals surface area contributed by atoms with Crippen molar-refractivity contribution in [3.05, 3.63) is 29.1 Å². The lowest BCUT2D eigenvalue weighted by atomic mass is 10.1. The fraction of sp³-hybridized carbons (Fsp3) is 0.538. The van der Waals surface area contributed by atoms with Gasteiger partial charge >= 0.3 is 0 Å². The van der Waals surface area contributed by atoms with Gasteiger partial charge in [0.25, 0.3) is 0 Å². The van der Waals surface area contributed by atoms with Crippen LogP contribution in [0.25, 0.3) is 0 Å². The quantitative estimate of drug-likeness (QED) is 0.810. The van der Waals surface area contributed by atoms with E-state index in [-0.39, 0.29) is 10.5 Å². The Morgan fingerprint density at radius 1 is 1.26 bits per heavy atom. The van der Waals surface area contributed by atoms with Crippen LogP contribution in [0.15, 0.2) is 17.0 Å². The van der Waals surface area contributed by atoms with Gasteiger partial charge in [-0.25, -0.2) is 17.5 Å². The first-order valence-corrected chi connectivity index (χ1v) is 7.64. The highest BCUT2D eigenvalue weighted by Gasteiger charge is 2.19.